The number of carboxylic acids is 1. The first-order chi connectivity index (χ1) is 18.4. The molecule has 15 nitrogen and oxygen atoms in total. The summed E-state index contributed by atoms with van der Waals surface area (Å²) in [5.41, 5.74) is -1.50. The summed E-state index contributed by atoms with van der Waals surface area (Å²) in [5.74, 6) is -4.39. The molecule has 2 aromatic carbocycles. The van der Waals surface area contributed by atoms with E-state index in [0.29, 0.717) is 6.07 Å². The fourth-order valence-electron chi connectivity index (χ4n) is 4.14. The van der Waals surface area contributed by atoms with Crippen LogP contribution >= 0.6 is 0 Å². The summed E-state index contributed by atoms with van der Waals surface area (Å²) >= 11 is 0. The summed E-state index contributed by atoms with van der Waals surface area (Å²) in [5, 5.41) is 93.8. The Balaban J connectivity index is 0.000000320. The molecule has 0 aromatic heterocycles. The van der Waals surface area contributed by atoms with E-state index >= 15 is 0 Å². The molecule has 0 radical (unpaired) electrons. The van der Waals surface area contributed by atoms with E-state index in [1.54, 1.807) is 0 Å². The Morgan fingerprint density at radius 2 is 1.59 bits per heavy atom. The molecule has 0 aliphatic carbocycles. The molecule has 216 valence electrons. The second-order valence-corrected chi connectivity index (χ2v) is 9.02. The van der Waals surface area contributed by atoms with Crippen LogP contribution in [0, 0.1) is 0 Å². The Morgan fingerprint density at radius 3 is 2.21 bits per heavy atom. The van der Waals surface area contributed by atoms with Crippen LogP contribution in [0.3, 0.4) is 0 Å². The molecule has 2 aliphatic rings. The molecule has 0 bridgehead atoms. The number of aromatic carboxylic acids is 1. The quantitative estimate of drug-likeness (QED) is 0.179. The number of phenolic OH excluding ortho intramolecular Hbond substituents is 2. The lowest BCUT2D eigenvalue weighted by molar-refractivity contribution is -0.239. The third-order valence-electron chi connectivity index (χ3n) is 6.12. The standard InChI is InChI=1S/C18H18O10.C6H12O5/c19-6-10-4-9(20)5-13(27-10)28-12-3-7-1-8(18(25)26)2-11(21)15(22)14(7)17(24)16(12)23;7-2-4-6(10)3(8)1-5(9)11-4/h1-3,9-10,13,19-20,23-24H,4-6H2,(H,21,22)(H,25,26);3-10H,1-2H2/t9-,10-,13-;3-,4-,5?,6-/m01/s1. The number of carbonyl (C=O) groups is 1. The lowest BCUT2D eigenvalue weighted by Gasteiger charge is -2.33. The van der Waals surface area contributed by atoms with Crippen molar-refractivity contribution >= 4 is 16.7 Å². The van der Waals surface area contributed by atoms with Crippen LogP contribution in [0.5, 0.6) is 23.0 Å². The van der Waals surface area contributed by atoms with E-state index in [4.69, 9.17) is 34.6 Å². The van der Waals surface area contributed by atoms with E-state index < -0.39 is 89.3 Å². The molecule has 1 unspecified atom stereocenters. The molecule has 2 fully saturated rings. The van der Waals surface area contributed by atoms with Crippen LogP contribution in [0.1, 0.15) is 29.6 Å². The summed E-state index contributed by atoms with van der Waals surface area (Å²) in [6.07, 6.45) is -6.47. The predicted octanol–water partition coefficient (Wildman–Crippen LogP) is -1.94. The van der Waals surface area contributed by atoms with Gasteiger partial charge in [0.1, 0.15) is 12.2 Å². The zero-order chi connectivity index (χ0) is 29.0. The highest BCUT2D eigenvalue weighted by atomic mass is 16.7. The second kappa shape index (κ2) is 12.7. The normalized spacial score (nSPS) is 28.8. The molecule has 2 heterocycles. The van der Waals surface area contributed by atoms with Crippen LogP contribution in [0.4, 0.5) is 0 Å². The molecule has 39 heavy (non-hydrogen) atoms. The highest BCUT2D eigenvalue weighted by Gasteiger charge is 2.35. The number of hydrogen-bond donors (Lipinski definition) is 10. The zero-order valence-electron chi connectivity index (χ0n) is 20.3. The van der Waals surface area contributed by atoms with Crippen LogP contribution in [0.2, 0.25) is 0 Å². The number of benzene rings is 1. The van der Waals surface area contributed by atoms with E-state index in [1.165, 1.54) is 0 Å². The van der Waals surface area contributed by atoms with Gasteiger partial charge in [-0.15, -0.1) is 0 Å². The van der Waals surface area contributed by atoms with Crippen molar-refractivity contribution in [1.82, 2.24) is 0 Å². The Labute approximate surface area is 219 Å². The third kappa shape index (κ3) is 7.03. The summed E-state index contributed by atoms with van der Waals surface area (Å²) in [4.78, 5) is 23.2. The molecule has 0 saturated carbocycles. The maximum Gasteiger partial charge on any atom is 0.335 e. The van der Waals surface area contributed by atoms with Crippen LogP contribution in [-0.4, -0.2) is 113 Å². The highest BCUT2D eigenvalue weighted by Crippen LogP contribution is 2.45. The minimum Gasteiger partial charge on any atom is -0.504 e. The molecule has 0 amide bonds. The number of hydrogen-bond acceptors (Lipinski definition) is 14. The van der Waals surface area contributed by atoms with Gasteiger partial charge < -0.3 is 65.3 Å². The van der Waals surface area contributed by atoms with E-state index in [2.05, 4.69) is 0 Å². The molecule has 2 saturated heterocycles. The maximum atomic E-state index is 11.9. The van der Waals surface area contributed by atoms with Crippen molar-refractivity contribution in [3.05, 3.63) is 34.0 Å². The van der Waals surface area contributed by atoms with Crippen LogP contribution < -0.4 is 10.2 Å². The van der Waals surface area contributed by atoms with Crippen molar-refractivity contribution in [2.24, 2.45) is 0 Å². The molecular formula is C24H30O15. The van der Waals surface area contributed by atoms with Crippen LogP contribution in [-0.2, 0) is 9.47 Å². The molecule has 2 aliphatic heterocycles. The van der Waals surface area contributed by atoms with Gasteiger partial charge in [0, 0.05) is 25.3 Å². The molecular weight excluding hydrogens is 528 g/mol. The molecule has 10 N–H and O–H groups in total. The topological polar surface area (TPSA) is 264 Å². The first kappa shape index (κ1) is 30.3. The monoisotopic (exact) mass is 558 g/mol. The van der Waals surface area contributed by atoms with Crippen LogP contribution in [0.15, 0.2) is 23.0 Å². The summed E-state index contributed by atoms with van der Waals surface area (Å²) in [6.45, 7) is -0.765. The average Bonchev–Trinajstić information content (AvgIpc) is 3.00. The fraction of sp³-hybridized carbons (Fsp3) is 0.500. The van der Waals surface area contributed by atoms with E-state index in [0.717, 1.165) is 12.1 Å². The molecule has 15 heteroatoms. The Kier molecular flexibility index (Phi) is 9.87. The first-order valence-corrected chi connectivity index (χ1v) is 11.8. The van der Waals surface area contributed by atoms with Gasteiger partial charge in [0.15, 0.2) is 23.5 Å². The van der Waals surface area contributed by atoms with Crippen molar-refractivity contribution in [2.75, 3.05) is 13.2 Å². The van der Waals surface area contributed by atoms with Gasteiger partial charge in [-0.3, -0.25) is 4.79 Å². The largest absolute Gasteiger partial charge is 0.504 e. The number of aliphatic hydroxyl groups is 6. The Morgan fingerprint density at radius 1 is 0.897 bits per heavy atom. The van der Waals surface area contributed by atoms with Gasteiger partial charge >= 0.3 is 5.97 Å². The van der Waals surface area contributed by atoms with Crippen molar-refractivity contribution in [2.45, 2.75) is 62.4 Å². The maximum absolute atomic E-state index is 11.9. The molecule has 0 spiro atoms. The summed E-state index contributed by atoms with van der Waals surface area (Å²) in [7, 11) is 0. The predicted molar refractivity (Wildman–Crippen MR) is 128 cm³/mol. The number of aromatic hydroxyl groups is 3. The second-order valence-electron chi connectivity index (χ2n) is 9.02. The van der Waals surface area contributed by atoms with E-state index in [9.17, 15) is 40.2 Å². The summed E-state index contributed by atoms with van der Waals surface area (Å²) < 4.78 is 15.6. The highest BCUT2D eigenvalue weighted by molar-refractivity contribution is 6.00. The zero-order valence-corrected chi connectivity index (χ0v) is 20.3. The minimum atomic E-state index is -1.44. The van der Waals surface area contributed by atoms with Gasteiger partial charge in [-0.2, -0.15) is 0 Å². The van der Waals surface area contributed by atoms with Crippen molar-refractivity contribution < 1.29 is 70.1 Å². The summed E-state index contributed by atoms with van der Waals surface area (Å²) in [6, 6.07) is 2.83. The number of rotatable bonds is 5. The number of phenols is 2. The van der Waals surface area contributed by atoms with Gasteiger partial charge in [0.2, 0.25) is 17.5 Å². The van der Waals surface area contributed by atoms with E-state index in [1.807, 2.05) is 0 Å². The third-order valence-corrected chi connectivity index (χ3v) is 6.12. The molecule has 7 atom stereocenters. The smallest absolute Gasteiger partial charge is 0.335 e. The minimum absolute atomic E-state index is 0.0162. The van der Waals surface area contributed by atoms with Gasteiger partial charge in [0.05, 0.1) is 42.5 Å². The molecule has 4 rings (SSSR count). The van der Waals surface area contributed by atoms with Crippen molar-refractivity contribution in [1.29, 1.82) is 0 Å². The average molecular weight is 558 g/mol. The number of ether oxygens (including phenoxy) is 3. The van der Waals surface area contributed by atoms with Gasteiger partial charge in [-0.25, -0.2) is 4.79 Å². The number of fused-ring (bicyclic) bond motifs is 1. The van der Waals surface area contributed by atoms with Crippen molar-refractivity contribution in [3.63, 3.8) is 0 Å². The van der Waals surface area contributed by atoms with Gasteiger partial charge in [-0.1, -0.05) is 0 Å². The lowest BCUT2D eigenvalue weighted by Crippen LogP contribution is -2.49. The van der Waals surface area contributed by atoms with E-state index in [-0.39, 0.29) is 37.0 Å². The Hall–Kier alpha value is -3.28. The van der Waals surface area contributed by atoms with Crippen LogP contribution in [0.25, 0.3) is 10.8 Å². The SMILES string of the molecule is O=C(O)c1cc(=O)c(O)c2c(O)c(O)c(O[C@H]3C[C@@H](O)C[C@@H](CO)O3)cc2c1.OC[C@H]1OC(O)C[C@@H](O)[C@H]1O. The van der Waals surface area contributed by atoms with Gasteiger partial charge in [0.25, 0.3) is 0 Å². The number of carboxylic acid groups (broad SMARTS) is 1. The van der Waals surface area contributed by atoms with Crippen molar-refractivity contribution in [3.8, 4) is 23.0 Å². The lowest BCUT2D eigenvalue weighted by atomic mass is 10.0. The first-order valence-electron chi connectivity index (χ1n) is 11.8. The number of aliphatic hydroxyl groups excluding tert-OH is 6. The molecule has 2 aromatic rings. The fourth-order valence-corrected chi connectivity index (χ4v) is 4.14. The Bertz CT molecular complexity index is 1230. The van der Waals surface area contributed by atoms with Gasteiger partial charge in [-0.05, 0) is 17.5 Å².